The van der Waals surface area contributed by atoms with Crippen molar-refractivity contribution in [3.8, 4) is 0 Å². The minimum Gasteiger partial charge on any atom is -0.312 e. The fraction of sp³-hybridized carbons (Fsp3) is 0.500. The maximum atomic E-state index is 12.1. The highest BCUT2D eigenvalue weighted by molar-refractivity contribution is 8.01. The predicted molar refractivity (Wildman–Crippen MR) is 81.3 cm³/mol. The Hall–Kier alpha value is -1.13. The molecule has 0 aromatic carbocycles. The molecule has 2 aromatic heterocycles. The molecule has 10 heteroatoms. The van der Waals surface area contributed by atoms with Crippen molar-refractivity contribution in [2.45, 2.75) is 28.6 Å². The van der Waals surface area contributed by atoms with Gasteiger partial charge in [0.2, 0.25) is 11.0 Å². The highest BCUT2D eigenvalue weighted by Gasteiger charge is 2.18. The zero-order valence-corrected chi connectivity index (χ0v) is 13.7. The van der Waals surface area contributed by atoms with Gasteiger partial charge in [0.05, 0.1) is 5.25 Å². The van der Waals surface area contributed by atoms with E-state index < -0.39 is 0 Å². The first-order valence-electron chi connectivity index (χ1n) is 5.88. The molecular weight excluding hydrogens is 316 g/mol. The van der Waals surface area contributed by atoms with Crippen LogP contribution >= 0.6 is 34.9 Å². The summed E-state index contributed by atoms with van der Waals surface area (Å²) in [6.07, 6.45) is 1.60. The Balaban J connectivity index is 1.91. The number of anilines is 1. The van der Waals surface area contributed by atoms with Crippen molar-refractivity contribution >= 4 is 45.9 Å². The predicted octanol–water partition coefficient (Wildman–Crippen LogP) is 1.90. The van der Waals surface area contributed by atoms with Crippen LogP contribution in [0.4, 0.5) is 5.13 Å². The Morgan fingerprint density at radius 1 is 1.50 bits per heavy atom. The van der Waals surface area contributed by atoms with E-state index in [4.69, 9.17) is 0 Å². The van der Waals surface area contributed by atoms with Crippen molar-refractivity contribution in [2.75, 3.05) is 11.1 Å². The standard InChI is InChI=1S/C10H14N6OS3/c1-4-18-10-15-13-8(20-10)12-7(17)6(2)19-9-14-11-5-16(9)3/h5-6H,4H2,1-3H3,(H,12,13,17). The van der Waals surface area contributed by atoms with E-state index in [9.17, 15) is 4.79 Å². The van der Waals surface area contributed by atoms with E-state index in [-0.39, 0.29) is 11.2 Å². The van der Waals surface area contributed by atoms with Crippen molar-refractivity contribution in [3.05, 3.63) is 6.33 Å². The van der Waals surface area contributed by atoms with Gasteiger partial charge >= 0.3 is 0 Å². The number of aromatic nitrogens is 5. The van der Waals surface area contributed by atoms with Gasteiger partial charge in [0.15, 0.2) is 9.50 Å². The third-order valence-corrected chi connectivity index (χ3v) is 5.23. The van der Waals surface area contributed by atoms with Gasteiger partial charge in [0.1, 0.15) is 6.33 Å². The van der Waals surface area contributed by atoms with E-state index in [0.717, 1.165) is 10.1 Å². The van der Waals surface area contributed by atoms with E-state index in [1.54, 1.807) is 22.7 Å². The monoisotopic (exact) mass is 330 g/mol. The maximum absolute atomic E-state index is 12.1. The number of nitrogens with one attached hydrogen (secondary N) is 1. The van der Waals surface area contributed by atoms with E-state index >= 15 is 0 Å². The van der Waals surface area contributed by atoms with Gasteiger partial charge in [-0.3, -0.25) is 10.1 Å². The van der Waals surface area contributed by atoms with E-state index in [2.05, 4.69) is 25.7 Å². The molecule has 0 saturated heterocycles. The molecule has 0 saturated carbocycles. The summed E-state index contributed by atoms with van der Waals surface area (Å²) in [7, 11) is 1.84. The first kappa shape index (κ1) is 15.3. The number of thioether (sulfide) groups is 2. The van der Waals surface area contributed by atoms with E-state index in [0.29, 0.717) is 10.3 Å². The Kier molecular flexibility index (Phi) is 5.38. The fourth-order valence-corrected chi connectivity index (χ4v) is 3.68. The molecule has 2 heterocycles. The van der Waals surface area contributed by atoms with Crippen LogP contribution in [0, 0.1) is 0 Å². The van der Waals surface area contributed by atoms with Crippen molar-refractivity contribution < 1.29 is 4.79 Å². The summed E-state index contributed by atoms with van der Waals surface area (Å²) >= 11 is 4.33. The average molecular weight is 330 g/mol. The number of carbonyl (C=O) groups excluding carboxylic acids is 1. The van der Waals surface area contributed by atoms with E-state index in [1.807, 2.05) is 20.9 Å². The summed E-state index contributed by atoms with van der Waals surface area (Å²) in [5.74, 6) is 0.809. The number of nitrogens with zero attached hydrogens (tertiary/aromatic N) is 5. The average Bonchev–Trinajstić information content (AvgIpc) is 3.00. The molecular formula is C10H14N6OS3. The van der Waals surface area contributed by atoms with Gasteiger partial charge in [-0.05, 0) is 12.7 Å². The van der Waals surface area contributed by atoms with E-state index in [1.165, 1.54) is 23.1 Å². The van der Waals surface area contributed by atoms with Gasteiger partial charge in [-0.1, -0.05) is 41.8 Å². The smallest absolute Gasteiger partial charge is 0.239 e. The van der Waals surface area contributed by atoms with Crippen LogP contribution < -0.4 is 5.32 Å². The molecule has 0 aliphatic rings. The van der Waals surface area contributed by atoms with Crippen molar-refractivity contribution in [3.63, 3.8) is 0 Å². The highest BCUT2D eigenvalue weighted by atomic mass is 32.2. The molecule has 2 aromatic rings. The summed E-state index contributed by atoms with van der Waals surface area (Å²) in [6.45, 7) is 3.86. The van der Waals surface area contributed by atoms with Gasteiger partial charge < -0.3 is 4.57 Å². The quantitative estimate of drug-likeness (QED) is 0.639. The molecule has 0 radical (unpaired) electrons. The fourth-order valence-electron chi connectivity index (χ4n) is 1.24. The van der Waals surface area contributed by atoms with Gasteiger partial charge in [0, 0.05) is 7.05 Å². The molecule has 0 aliphatic carbocycles. The number of hydrogen-bond acceptors (Lipinski definition) is 8. The minimum atomic E-state index is -0.288. The molecule has 1 atom stereocenters. The van der Waals surface area contributed by atoms with Crippen LogP contribution in [-0.4, -0.2) is 41.9 Å². The molecule has 1 unspecified atom stereocenters. The zero-order chi connectivity index (χ0) is 14.5. The molecule has 1 N–H and O–H groups in total. The largest absolute Gasteiger partial charge is 0.312 e. The van der Waals surface area contributed by atoms with Gasteiger partial charge in [-0.2, -0.15) is 0 Å². The molecule has 2 rings (SSSR count). The Morgan fingerprint density at radius 2 is 2.30 bits per heavy atom. The first-order valence-corrected chi connectivity index (χ1v) is 8.56. The lowest BCUT2D eigenvalue weighted by Crippen LogP contribution is -2.22. The number of aryl methyl sites for hydroxylation is 1. The van der Waals surface area contributed by atoms with Crippen LogP contribution in [-0.2, 0) is 11.8 Å². The number of carbonyl (C=O) groups is 1. The third-order valence-electron chi connectivity index (χ3n) is 2.23. The normalized spacial score (nSPS) is 12.3. The Bertz CT molecular complexity index is 583. The molecule has 0 aliphatic heterocycles. The Labute approximate surface area is 129 Å². The lowest BCUT2D eigenvalue weighted by atomic mass is 10.4. The van der Waals surface area contributed by atoms with Crippen LogP contribution in [0.15, 0.2) is 15.8 Å². The van der Waals surface area contributed by atoms with Crippen molar-refractivity contribution in [1.82, 2.24) is 25.0 Å². The molecule has 0 spiro atoms. The van der Waals surface area contributed by atoms with Crippen LogP contribution in [0.5, 0.6) is 0 Å². The number of amides is 1. The van der Waals surface area contributed by atoms with Crippen LogP contribution in [0.3, 0.4) is 0 Å². The zero-order valence-electron chi connectivity index (χ0n) is 11.2. The Morgan fingerprint density at radius 3 is 2.95 bits per heavy atom. The third kappa shape index (κ3) is 3.93. The maximum Gasteiger partial charge on any atom is 0.239 e. The summed E-state index contributed by atoms with van der Waals surface area (Å²) in [5, 5.41) is 19.4. The SMILES string of the molecule is CCSc1nnc(NC(=O)C(C)Sc2nncn2C)s1. The van der Waals surface area contributed by atoms with Crippen LogP contribution in [0.25, 0.3) is 0 Å². The summed E-state index contributed by atoms with van der Waals surface area (Å²) < 4.78 is 2.63. The molecule has 108 valence electrons. The lowest BCUT2D eigenvalue weighted by molar-refractivity contribution is -0.115. The summed E-state index contributed by atoms with van der Waals surface area (Å²) in [5.41, 5.74) is 0. The van der Waals surface area contributed by atoms with Crippen molar-refractivity contribution in [2.24, 2.45) is 7.05 Å². The minimum absolute atomic E-state index is 0.123. The summed E-state index contributed by atoms with van der Waals surface area (Å²) in [6, 6.07) is 0. The number of rotatable bonds is 6. The molecule has 20 heavy (non-hydrogen) atoms. The molecule has 1 amide bonds. The molecule has 0 bridgehead atoms. The molecule has 7 nitrogen and oxygen atoms in total. The second-order valence-electron chi connectivity index (χ2n) is 3.78. The second-order valence-corrected chi connectivity index (χ2v) is 7.58. The van der Waals surface area contributed by atoms with Gasteiger partial charge in [0.25, 0.3) is 0 Å². The highest BCUT2D eigenvalue weighted by Crippen LogP contribution is 2.26. The van der Waals surface area contributed by atoms with Gasteiger partial charge in [-0.15, -0.1) is 20.4 Å². The lowest BCUT2D eigenvalue weighted by Gasteiger charge is -2.08. The topological polar surface area (TPSA) is 85.6 Å². The number of hydrogen-bond donors (Lipinski definition) is 1. The van der Waals surface area contributed by atoms with Gasteiger partial charge in [-0.25, -0.2) is 0 Å². The first-order chi connectivity index (χ1) is 9.60. The summed E-state index contributed by atoms with van der Waals surface area (Å²) in [4.78, 5) is 12.1. The van der Waals surface area contributed by atoms with Crippen LogP contribution in [0.2, 0.25) is 0 Å². The second kappa shape index (κ2) is 7.04. The van der Waals surface area contributed by atoms with Crippen LogP contribution in [0.1, 0.15) is 13.8 Å². The molecule has 0 fully saturated rings. The van der Waals surface area contributed by atoms with Crippen molar-refractivity contribution in [1.29, 1.82) is 0 Å².